The molecule has 4 aromatic rings. The van der Waals surface area contributed by atoms with Gasteiger partial charge in [0.05, 0.1) is 16.3 Å². The van der Waals surface area contributed by atoms with Crippen molar-refractivity contribution in [2.45, 2.75) is 16.6 Å². The normalized spacial score (nSPS) is 13.4. The third kappa shape index (κ3) is 5.12. The molecule has 0 saturated heterocycles. The van der Waals surface area contributed by atoms with Gasteiger partial charge in [0.2, 0.25) is 18.6 Å². The van der Waals surface area contributed by atoms with E-state index in [9.17, 15) is 18.0 Å². The molecular weight excluding hydrogens is 519 g/mol. The number of nitrogens with zero attached hydrogens (tertiary/aromatic N) is 2. The number of alkyl halides is 3. The molecule has 1 atom stereocenters. The molecular formula is C24H15ClF3N3O4S. The molecule has 0 aliphatic carbocycles. The maximum Gasteiger partial charge on any atom is 0.416 e. The summed E-state index contributed by atoms with van der Waals surface area (Å²) < 4.78 is 55.9. The molecule has 1 unspecified atom stereocenters. The van der Waals surface area contributed by atoms with Crippen LogP contribution in [0.5, 0.6) is 11.5 Å². The Morgan fingerprint density at radius 1 is 1.00 bits per heavy atom. The van der Waals surface area contributed by atoms with Crippen molar-refractivity contribution in [3.8, 4) is 23.0 Å². The Morgan fingerprint density at radius 2 is 1.78 bits per heavy atom. The van der Waals surface area contributed by atoms with E-state index in [4.69, 9.17) is 25.5 Å². The number of rotatable bonds is 6. The van der Waals surface area contributed by atoms with Gasteiger partial charge in [-0.1, -0.05) is 41.9 Å². The van der Waals surface area contributed by atoms with Crippen LogP contribution in [-0.4, -0.2) is 22.9 Å². The number of hydrogen-bond donors (Lipinski definition) is 1. The Kier molecular flexibility index (Phi) is 6.50. The fourth-order valence-electron chi connectivity index (χ4n) is 3.40. The Morgan fingerprint density at radius 3 is 2.56 bits per heavy atom. The summed E-state index contributed by atoms with van der Waals surface area (Å²) >= 11 is 7.02. The van der Waals surface area contributed by atoms with Crippen molar-refractivity contribution >= 4 is 35.0 Å². The molecule has 36 heavy (non-hydrogen) atoms. The predicted octanol–water partition coefficient (Wildman–Crippen LogP) is 6.61. The van der Waals surface area contributed by atoms with Crippen LogP contribution in [0.15, 0.2) is 76.4 Å². The van der Waals surface area contributed by atoms with Crippen molar-refractivity contribution in [3.05, 3.63) is 82.9 Å². The number of amides is 1. The number of hydrogen-bond acceptors (Lipinski definition) is 7. The van der Waals surface area contributed by atoms with Crippen LogP contribution < -0.4 is 14.8 Å². The SMILES string of the molecule is O=C(Nc1cc(C(F)(F)F)ccc1Cl)C(Sc1nnc(-c2ccc3c(c2)OCO3)o1)c1ccccc1. The smallest absolute Gasteiger partial charge is 0.416 e. The van der Waals surface area contributed by atoms with Crippen LogP contribution in [0.25, 0.3) is 11.5 Å². The van der Waals surface area contributed by atoms with Gasteiger partial charge in [-0.15, -0.1) is 10.2 Å². The van der Waals surface area contributed by atoms with Crippen LogP contribution in [0.1, 0.15) is 16.4 Å². The highest BCUT2D eigenvalue weighted by Gasteiger charge is 2.32. The van der Waals surface area contributed by atoms with Crippen LogP contribution in [0.2, 0.25) is 5.02 Å². The Balaban J connectivity index is 1.40. The van der Waals surface area contributed by atoms with Crippen molar-refractivity contribution in [1.29, 1.82) is 0 Å². The van der Waals surface area contributed by atoms with E-state index in [2.05, 4.69) is 15.5 Å². The minimum Gasteiger partial charge on any atom is -0.454 e. The first-order valence-corrected chi connectivity index (χ1v) is 11.7. The first kappa shape index (κ1) is 24.0. The minimum atomic E-state index is -4.59. The van der Waals surface area contributed by atoms with Gasteiger partial charge in [-0.3, -0.25) is 4.79 Å². The van der Waals surface area contributed by atoms with E-state index in [1.165, 1.54) is 0 Å². The number of carbonyl (C=O) groups is 1. The topological polar surface area (TPSA) is 86.5 Å². The molecule has 1 amide bonds. The molecule has 184 valence electrons. The van der Waals surface area contributed by atoms with E-state index in [0.717, 1.165) is 30.0 Å². The van der Waals surface area contributed by atoms with E-state index < -0.39 is 22.9 Å². The Bertz CT molecular complexity index is 1420. The molecule has 0 spiro atoms. The second-order valence-corrected chi connectivity index (χ2v) is 8.99. The second kappa shape index (κ2) is 9.75. The molecule has 7 nitrogen and oxygen atoms in total. The monoisotopic (exact) mass is 533 g/mol. The lowest BCUT2D eigenvalue weighted by Gasteiger charge is -2.17. The summed E-state index contributed by atoms with van der Waals surface area (Å²) in [6.45, 7) is 0.119. The van der Waals surface area contributed by atoms with Crippen LogP contribution >= 0.6 is 23.4 Å². The molecule has 0 saturated carbocycles. The lowest BCUT2D eigenvalue weighted by Crippen LogP contribution is -2.20. The van der Waals surface area contributed by atoms with Gasteiger partial charge in [-0.2, -0.15) is 13.2 Å². The summed E-state index contributed by atoms with van der Waals surface area (Å²) in [4.78, 5) is 13.2. The van der Waals surface area contributed by atoms with Gasteiger partial charge in [0.15, 0.2) is 11.5 Å². The number of aromatic nitrogens is 2. The van der Waals surface area contributed by atoms with Crippen LogP contribution in [0, 0.1) is 0 Å². The highest BCUT2D eigenvalue weighted by Crippen LogP contribution is 2.40. The van der Waals surface area contributed by atoms with Crippen molar-refractivity contribution in [3.63, 3.8) is 0 Å². The zero-order valence-corrected chi connectivity index (χ0v) is 19.7. The fourth-order valence-corrected chi connectivity index (χ4v) is 4.44. The minimum absolute atomic E-state index is 0.0314. The summed E-state index contributed by atoms with van der Waals surface area (Å²) in [5, 5.41) is 9.69. The van der Waals surface area contributed by atoms with Crippen molar-refractivity contribution in [1.82, 2.24) is 10.2 Å². The number of thioether (sulfide) groups is 1. The molecule has 1 N–H and O–H groups in total. The third-order valence-electron chi connectivity index (χ3n) is 5.14. The molecule has 0 fully saturated rings. The molecule has 12 heteroatoms. The summed E-state index contributed by atoms with van der Waals surface area (Å²) in [5.74, 6) is 0.723. The van der Waals surface area contributed by atoms with Gasteiger partial charge < -0.3 is 19.2 Å². The Hall–Kier alpha value is -3.70. The van der Waals surface area contributed by atoms with E-state index in [-0.39, 0.29) is 28.6 Å². The van der Waals surface area contributed by atoms with E-state index in [1.807, 2.05) is 0 Å². The summed E-state index contributed by atoms with van der Waals surface area (Å²) in [6, 6.07) is 16.5. The highest BCUT2D eigenvalue weighted by atomic mass is 35.5. The van der Waals surface area contributed by atoms with Crippen LogP contribution in [0.4, 0.5) is 18.9 Å². The van der Waals surface area contributed by atoms with Gasteiger partial charge >= 0.3 is 6.18 Å². The summed E-state index contributed by atoms with van der Waals surface area (Å²) in [7, 11) is 0. The predicted molar refractivity (Wildman–Crippen MR) is 126 cm³/mol. The van der Waals surface area contributed by atoms with E-state index >= 15 is 0 Å². The Labute approximate surface area is 211 Å². The van der Waals surface area contributed by atoms with Gasteiger partial charge in [0, 0.05) is 5.56 Å². The number of ether oxygens (including phenoxy) is 2. The lowest BCUT2D eigenvalue weighted by molar-refractivity contribution is -0.137. The molecule has 0 bridgehead atoms. The molecule has 1 aliphatic heterocycles. The number of anilines is 1. The highest BCUT2D eigenvalue weighted by molar-refractivity contribution is 8.00. The number of nitrogens with one attached hydrogen (secondary N) is 1. The fraction of sp³-hybridized carbons (Fsp3) is 0.125. The quantitative estimate of drug-likeness (QED) is 0.279. The van der Waals surface area contributed by atoms with E-state index in [1.54, 1.807) is 48.5 Å². The largest absolute Gasteiger partial charge is 0.454 e. The molecule has 0 radical (unpaired) electrons. The van der Waals surface area contributed by atoms with Gasteiger partial charge in [0.25, 0.3) is 5.22 Å². The maximum atomic E-state index is 13.2. The van der Waals surface area contributed by atoms with Gasteiger partial charge in [0.1, 0.15) is 5.25 Å². The average molecular weight is 534 g/mol. The molecule has 3 aromatic carbocycles. The van der Waals surface area contributed by atoms with Crippen molar-refractivity contribution in [2.24, 2.45) is 0 Å². The molecule has 5 rings (SSSR count). The first-order chi connectivity index (χ1) is 17.3. The van der Waals surface area contributed by atoms with Crippen molar-refractivity contribution < 1.29 is 31.9 Å². The molecule has 1 aromatic heterocycles. The van der Waals surface area contributed by atoms with Crippen molar-refractivity contribution in [2.75, 3.05) is 12.1 Å². The zero-order valence-electron chi connectivity index (χ0n) is 18.1. The zero-order chi connectivity index (χ0) is 25.3. The third-order valence-corrected chi connectivity index (χ3v) is 6.55. The van der Waals surface area contributed by atoms with E-state index in [0.29, 0.717) is 22.6 Å². The maximum absolute atomic E-state index is 13.2. The lowest BCUT2D eigenvalue weighted by atomic mass is 10.1. The molecule has 2 heterocycles. The average Bonchev–Trinajstić information content (AvgIpc) is 3.52. The standard InChI is InChI=1S/C24H15ClF3N3O4S/c25-16-8-7-15(24(26,27)28)11-17(16)29-21(32)20(13-4-2-1-3-5-13)36-23-31-30-22(35-23)14-6-9-18-19(10-14)34-12-33-18/h1-11,20H,12H2,(H,29,32). The van der Waals surface area contributed by atoms with Crippen LogP contribution in [-0.2, 0) is 11.0 Å². The second-order valence-electron chi connectivity index (χ2n) is 7.53. The van der Waals surface area contributed by atoms with Gasteiger partial charge in [-0.25, -0.2) is 0 Å². The number of fused-ring (bicyclic) bond motifs is 1. The van der Waals surface area contributed by atoms with Gasteiger partial charge in [-0.05, 0) is 53.7 Å². The van der Waals surface area contributed by atoms with Crippen LogP contribution in [0.3, 0.4) is 0 Å². The summed E-state index contributed by atoms with van der Waals surface area (Å²) in [5.41, 5.74) is 0.0713. The molecule has 1 aliphatic rings. The number of halogens is 4. The number of carbonyl (C=O) groups excluding carboxylic acids is 1. The summed E-state index contributed by atoms with van der Waals surface area (Å²) in [6.07, 6.45) is -4.59. The number of benzene rings is 3. The first-order valence-electron chi connectivity index (χ1n) is 10.4.